The highest BCUT2D eigenvalue weighted by atomic mass is 16.4. The van der Waals surface area contributed by atoms with Crippen molar-refractivity contribution in [1.82, 2.24) is 31.5 Å². The summed E-state index contributed by atoms with van der Waals surface area (Å²) in [5, 5.41) is 30.9. The van der Waals surface area contributed by atoms with Gasteiger partial charge >= 0.3 is 11.9 Å². The molecule has 0 unspecified atom stereocenters. The number of carboxylic acid groups (broad SMARTS) is 2. The number of nitrogens with two attached hydrogens (primary N) is 3. The Kier molecular flexibility index (Phi) is 20.0. The van der Waals surface area contributed by atoms with E-state index in [0.717, 1.165) is 0 Å². The predicted octanol–water partition coefficient (Wildman–Crippen LogP) is -2.98. The largest absolute Gasteiger partial charge is 0.481 e. The summed E-state index contributed by atoms with van der Waals surface area (Å²) >= 11 is 0. The highest BCUT2D eigenvalue weighted by Gasteiger charge is 2.37. The van der Waals surface area contributed by atoms with Crippen molar-refractivity contribution in [3.8, 4) is 0 Å². The molecule has 0 bridgehead atoms. The maximum atomic E-state index is 13.6. The Morgan fingerprint density at radius 2 is 1.45 bits per heavy atom. The highest BCUT2D eigenvalue weighted by Crippen LogP contribution is 2.19. The average Bonchev–Trinajstić information content (AvgIpc) is 3.57. The maximum absolute atomic E-state index is 13.6. The van der Waals surface area contributed by atoms with Gasteiger partial charge < -0.3 is 58.9 Å². The molecule has 1 aliphatic heterocycles. The number of likely N-dealkylation sites (tertiary alicyclic amines) is 1. The second-order valence-corrected chi connectivity index (χ2v) is 13.6. The Bertz CT molecular complexity index is 1330. The smallest absolute Gasteiger partial charge is 0.326 e. The fraction of sp³-hybridized carbons (Fsp3) is 0.727. The van der Waals surface area contributed by atoms with E-state index in [0.29, 0.717) is 32.2 Å². The van der Waals surface area contributed by atoms with Crippen LogP contribution < -0.4 is 43.8 Å². The van der Waals surface area contributed by atoms with Crippen LogP contribution in [0.3, 0.4) is 0 Å². The third kappa shape index (κ3) is 16.1. The standard InChI is InChI=1S/C33H57N9O11/c1-5-18(4)27(31(50)40-22(33(52)53)15-24(36)43)41-29(48)21(13-17(2)3)39-28(47)20(9-6-7-11-34)38-25(44)16-37-30(49)23-10-8-12-42(23)32(51)19(35)14-26(45)46/h17-23,27H,5-16,34-35H2,1-4H3,(H2,36,43)(H,37,49)(H,38,44)(H,39,47)(H,40,50)(H,41,48)(H,45,46)(H,52,53)/t18-,19-,20-,21-,22-,23-,27-/m0/s1. The van der Waals surface area contributed by atoms with Crippen molar-refractivity contribution in [3.63, 3.8) is 0 Å². The van der Waals surface area contributed by atoms with Gasteiger partial charge in [-0.1, -0.05) is 34.1 Å². The molecule has 1 saturated heterocycles. The van der Waals surface area contributed by atoms with Gasteiger partial charge in [0.15, 0.2) is 0 Å². The molecule has 7 atom stereocenters. The number of primary amides is 1. The van der Waals surface area contributed by atoms with Gasteiger partial charge in [-0.15, -0.1) is 0 Å². The first-order valence-electron chi connectivity index (χ1n) is 17.8. The molecule has 300 valence electrons. The van der Waals surface area contributed by atoms with Gasteiger partial charge in [0.2, 0.25) is 41.4 Å². The molecule has 0 radical (unpaired) electrons. The van der Waals surface area contributed by atoms with Crippen LogP contribution >= 0.6 is 0 Å². The fourth-order valence-corrected chi connectivity index (χ4v) is 5.68. The van der Waals surface area contributed by atoms with Gasteiger partial charge in [-0.25, -0.2) is 4.79 Å². The summed E-state index contributed by atoms with van der Waals surface area (Å²) in [5.41, 5.74) is 16.4. The molecule has 0 spiro atoms. The number of hydrogen-bond donors (Lipinski definition) is 10. The molecule has 20 heteroatoms. The molecule has 0 aromatic heterocycles. The zero-order chi connectivity index (χ0) is 40.4. The van der Waals surface area contributed by atoms with Gasteiger partial charge in [-0.3, -0.25) is 38.4 Å². The summed E-state index contributed by atoms with van der Waals surface area (Å²) in [4.78, 5) is 114. The number of carboxylic acids is 2. The molecule has 1 fully saturated rings. The van der Waals surface area contributed by atoms with Gasteiger partial charge in [0, 0.05) is 6.54 Å². The molecule has 20 nitrogen and oxygen atoms in total. The number of unbranched alkanes of at least 4 members (excludes halogenated alkanes) is 1. The predicted molar refractivity (Wildman–Crippen MR) is 189 cm³/mol. The molecule has 53 heavy (non-hydrogen) atoms. The normalized spacial score (nSPS) is 17.3. The number of rotatable bonds is 24. The lowest BCUT2D eigenvalue weighted by molar-refractivity contribution is -0.144. The molecule has 1 rings (SSSR count). The number of carbonyl (C=O) groups excluding carboxylic acids is 7. The van der Waals surface area contributed by atoms with Crippen LogP contribution in [0.2, 0.25) is 0 Å². The van der Waals surface area contributed by atoms with Crippen molar-refractivity contribution in [2.24, 2.45) is 29.0 Å². The number of hydrogen-bond acceptors (Lipinski definition) is 11. The number of nitrogens with one attached hydrogen (secondary N) is 5. The summed E-state index contributed by atoms with van der Waals surface area (Å²) in [6.45, 7) is 6.94. The van der Waals surface area contributed by atoms with Crippen molar-refractivity contribution < 1.29 is 53.4 Å². The van der Waals surface area contributed by atoms with Crippen LogP contribution in [0.15, 0.2) is 0 Å². The van der Waals surface area contributed by atoms with E-state index in [1.54, 1.807) is 27.7 Å². The molecular weight excluding hydrogens is 698 g/mol. The molecule has 0 aromatic rings. The first-order chi connectivity index (χ1) is 24.8. The highest BCUT2D eigenvalue weighted by molar-refractivity contribution is 5.97. The minimum Gasteiger partial charge on any atom is -0.481 e. The van der Waals surface area contributed by atoms with Crippen molar-refractivity contribution >= 4 is 53.3 Å². The summed E-state index contributed by atoms with van der Waals surface area (Å²) in [7, 11) is 0. The first kappa shape index (κ1) is 46.2. The molecule has 13 N–H and O–H groups in total. The van der Waals surface area contributed by atoms with Crippen molar-refractivity contribution in [2.45, 2.75) is 122 Å². The Morgan fingerprint density at radius 3 is 2.00 bits per heavy atom. The summed E-state index contributed by atoms with van der Waals surface area (Å²) < 4.78 is 0. The van der Waals surface area contributed by atoms with Gasteiger partial charge in [0.1, 0.15) is 30.2 Å². The molecular formula is C33H57N9O11. The minimum absolute atomic E-state index is 0.123. The number of nitrogens with zero attached hydrogens (tertiary/aromatic N) is 1. The quantitative estimate of drug-likeness (QED) is 0.0440. The lowest BCUT2D eigenvalue weighted by Crippen LogP contribution is -2.59. The zero-order valence-electron chi connectivity index (χ0n) is 30.9. The fourth-order valence-electron chi connectivity index (χ4n) is 5.68. The van der Waals surface area contributed by atoms with Gasteiger partial charge in [0.05, 0.1) is 25.4 Å². The van der Waals surface area contributed by atoms with Crippen LogP contribution in [0.1, 0.15) is 85.5 Å². The van der Waals surface area contributed by atoms with Gasteiger partial charge in [0.25, 0.3) is 0 Å². The van der Waals surface area contributed by atoms with E-state index in [1.807, 2.05) is 0 Å². The van der Waals surface area contributed by atoms with E-state index < -0.39 is 115 Å². The van der Waals surface area contributed by atoms with Gasteiger partial charge in [-0.05, 0) is 56.9 Å². The third-order valence-electron chi connectivity index (χ3n) is 8.73. The SMILES string of the molecule is CC[C@H](C)[C@H](NC(=O)[C@H](CC(C)C)NC(=O)[C@H](CCCCN)NC(=O)CNC(=O)[C@@H]1CCCN1C(=O)[C@@H](N)CC(=O)O)C(=O)N[C@@H](CC(N)=O)C(=O)O. The Balaban J connectivity index is 3.08. The van der Waals surface area contributed by atoms with Crippen LogP contribution in [-0.4, -0.2) is 124 Å². The van der Waals surface area contributed by atoms with Crippen LogP contribution in [0, 0.1) is 11.8 Å². The molecule has 0 saturated carbocycles. The second-order valence-electron chi connectivity index (χ2n) is 13.6. The number of carbonyl (C=O) groups is 9. The monoisotopic (exact) mass is 755 g/mol. The second kappa shape index (κ2) is 22.9. The van der Waals surface area contributed by atoms with Gasteiger partial charge in [-0.2, -0.15) is 0 Å². The van der Waals surface area contributed by atoms with Crippen molar-refractivity contribution in [1.29, 1.82) is 0 Å². The van der Waals surface area contributed by atoms with E-state index in [1.165, 1.54) is 4.90 Å². The molecule has 1 heterocycles. The number of amides is 7. The summed E-state index contributed by atoms with van der Waals surface area (Å²) in [6.07, 6.45) is 1.03. The number of aliphatic carboxylic acids is 2. The molecule has 7 amide bonds. The van der Waals surface area contributed by atoms with Crippen LogP contribution in [0.25, 0.3) is 0 Å². The van der Waals surface area contributed by atoms with E-state index >= 15 is 0 Å². The zero-order valence-corrected chi connectivity index (χ0v) is 30.9. The molecule has 0 aromatic carbocycles. The average molecular weight is 756 g/mol. The summed E-state index contributed by atoms with van der Waals surface area (Å²) in [6, 6.07) is -7.51. The van der Waals surface area contributed by atoms with E-state index in [2.05, 4.69) is 26.6 Å². The van der Waals surface area contributed by atoms with E-state index in [4.69, 9.17) is 22.3 Å². The Hall–Kier alpha value is -4.85. The lowest BCUT2D eigenvalue weighted by atomic mass is 9.96. The van der Waals surface area contributed by atoms with Crippen molar-refractivity contribution in [2.75, 3.05) is 19.6 Å². The van der Waals surface area contributed by atoms with Crippen LogP contribution in [0.4, 0.5) is 0 Å². The minimum atomic E-state index is -1.63. The van der Waals surface area contributed by atoms with Crippen LogP contribution in [0.5, 0.6) is 0 Å². The van der Waals surface area contributed by atoms with Crippen LogP contribution in [-0.2, 0) is 43.2 Å². The first-order valence-corrected chi connectivity index (χ1v) is 17.8. The topological polar surface area (TPSA) is 336 Å². The lowest BCUT2D eigenvalue weighted by Gasteiger charge is -2.29. The van der Waals surface area contributed by atoms with E-state index in [-0.39, 0.29) is 31.7 Å². The van der Waals surface area contributed by atoms with E-state index in [9.17, 15) is 48.3 Å². The molecule has 1 aliphatic rings. The Morgan fingerprint density at radius 1 is 0.830 bits per heavy atom. The summed E-state index contributed by atoms with van der Waals surface area (Å²) in [5.74, 6) is -8.77. The molecule has 0 aliphatic carbocycles. The maximum Gasteiger partial charge on any atom is 0.326 e. The van der Waals surface area contributed by atoms with Crippen molar-refractivity contribution in [3.05, 3.63) is 0 Å². The Labute approximate surface area is 308 Å². The third-order valence-corrected chi connectivity index (χ3v) is 8.73.